The van der Waals surface area contributed by atoms with Gasteiger partial charge in [-0.2, -0.15) is 0 Å². The molecule has 0 saturated heterocycles. The maximum absolute atomic E-state index is 13.7. The number of ketones is 1. The normalized spacial score (nSPS) is 11.0. The molecule has 0 aliphatic heterocycles. The number of benzene rings is 1. The van der Waals surface area contributed by atoms with E-state index in [-0.39, 0.29) is 45.4 Å². The molecule has 3 aromatic rings. The Morgan fingerprint density at radius 3 is 2.69 bits per heavy atom. The summed E-state index contributed by atoms with van der Waals surface area (Å²) in [4.78, 5) is 28.9. The van der Waals surface area contributed by atoms with Crippen LogP contribution in [0.3, 0.4) is 0 Å². The van der Waals surface area contributed by atoms with Gasteiger partial charge in [0.15, 0.2) is 11.4 Å². The van der Waals surface area contributed by atoms with Gasteiger partial charge in [-0.15, -0.1) is 4.73 Å². The molecular formula is C18H15F2N3O3. The first kappa shape index (κ1) is 17.5. The van der Waals surface area contributed by atoms with Crippen molar-refractivity contribution >= 4 is 22.5 Å². The number of fused-ring (bicyclic) bond motifs is 1. The number of aryl methyl sites for hydroxylation is 2. The van der Waals surface area contributed by atoms with E-state index < -0.39 is 23.0 Å². The maximum Gasteiger partial charge on any atom is 0.297 e. The van der Waals surface area contributed by atoms with Crippen LogP contribution in [-0.4, -0.2) is 20.7 Å². The Morgan fingerprint density at radius 2 is 2.00 bits per heavy atom. The number of carbonyl (C=O) groups is 1. The Kier molecular flexibility index (Phi) is 4.41. The van der Waals surface area contributed by atoms with E-state index in [0.717, 1.165) is 12.1 Å². The van der Waals surface area contributed by atoms with E-state index in [4.69, 9.17) is 5.73 Å². The van der Waals surface area contributed by atoms with Crippen LogP contribution in [0.5, 0.6) is 0 Å². The summed E-state index contributed by atoms with van der Waals surface area (Å²) in [5.74, 6) is -2.15. The molecule has 0 fully saturated rings. The Hall–Kier alpha value is -3.29. The minimum atomic E-state index is -0.988. The Bertz CT molecular complexity index is 1090. The number of hydrogen-bond donors (Lipinski definition) is 2. The fourth-order valence-corrected chi connectivity index (χ4v) is 2.73. The molecule has 0 unspecified atom stereocenters. The van der Waals surface area contributed by atoms with Gasteiger partial charge < -0.3 is 10.9 Å². The highest BCUT2D eigenvalue weighted by atomic mass is 19.1. The molecule has 0 saturated carbocycles. The van der Waals surface area contributed by atoms with Crippen molar-refractivity contribution in [1.29, 1.82) is 0 Å². The van der Waals surface area contributed by atoms with E-state index in [9.17, 15) is 23.6 Å². The zero-order valence-electron chi connectivity index (χ0n) is 13.8. The van der Waals surface area contributed by atoms with Crippen LogP contribution >= 0.6 is 0 Å². The molecule has 0 aliphatic rings. The van der Waals surface area contributed by atoms with Gasteiger partial charge in [0.25, 0.3) is 5.56 Å². The minimum Gasteiger partial charge on any atom is -0.423 e. The third-order valence-corrected chi connectivity index (χ3v) is 4.10. The van der Waals surface area contributed by atoms with Crippen molar-refractivity contribution in [1.82, 2.24) is 9.71 Å². The van der Waals surface area contributed by atoms with Gasteiger partial charge in [-0.3, -0.25) is 9.59 Å². The van der Waals surface area contributed by atoms with Crippen LogP contribution in [0.15, 0.2) is 35.1 Å². The zero-order valence-corrected chi connectivity index (χ0v) is 13.8. The second kappa shape index (κ2) is 6.55. The molecule has 0 amide bonds. The smallest absolute Gasteiger partial charge is 0.297 e. The number of halogens is 2. The average Bonchev–Trinajstić information content (AvgIpc) is 2.59. The molecule has 1 aromatic carbocycles. The summed E-state index contributed by atoms with van der Waals surface area (Å²) in [6.45, 7) is 1.68. The third-order valence-electron chi connectivity index (χ3n) is 4.10. The molecule has 26 heavy (non-hydrogen) atoms. The van der Waals surface area contributed by atoms with Gasteiger partial charge in [0.05, 0.1) is 5.69 Å². The van der Waals surface area contributed by atoms with Crippen molar-refractivity contribution in [2.24, 2.45) is 0 Å². The molecule has 0 radical (unpaired) electrons. The number of Topliss-reactive ketones (excluding diaryl/α,β-unsaturated/α-hetero) is 1. The highest BCUT2D eigenvalue weighted by Crippen LogP contribution is 2.22. The van der Waals surface area contributed by atoms with E-state index in [1.807, 2.05) is 0 Å². The number of rotatable bonds is 4. The highest BCUT2D eigenvalue weighted by Gasteiger charge is 2.21. The number of nitrogens with two attached hydrogens (primary N) is 1. The van der Waals surface area contributed by atoms with Crippen LogP contribution in [0.1, 0.15) is 28.0 Å². The zero-order chi connectivity index (χ0) is 19.0. The van der Waals surface area contributed by atoms with Crippen molar-refractivity contribution in [3.63, 3.8) is 0 Å². The number of pyridine rings is 2. The number of nitrogens with zero attached hydrogens (tertiary/aromatic N) is 2. The lowest BCUT2D eigenvalue weighted by atomic mass is 10.0. The summed E-state index contributed by atoms with van der Waals surface area (Å²) in [6, 6.07) is 6.22. The molecule has 2 heterocycles. The summed E-state index contributed by atoms with van der Waals surface area (Å²) in [5.41, 5.74) is 5.14. The van der Waals surface area contributed by atoms with Gasteiger partial charge in [0.1, 0.15) is 17.2 Å². The predicted molar refractivity (Wildman–Crippen MR) is 91.3 cm³/mol. The molecule has 8 heteroatoms. The number of carbonyl (C=O) groups excluding carboxylic acids is 1. The summed E-state index contributed by atoms with van der Waals surface area (Å²) < 4.78 is 26.9. The van der Waals surface area contributed by atoms with Crippen molar-refractivity contribution in [2.75, 3.05) is 5.73 Å². The van der Waals surface area contributed by atoms with Crippen LogP contribution in [-0.2, 0) is 6.42 Å². The SMILES string of the molecule is Cc1ccc2c(N)c(C(=O)CCc3ccc(F)cc3F)c(=O)n(O)c2n1. The number of aromatic nitrogens is 2. The Morgan fingerprint density at radius 1 is 1.27 bits per heavy atom. The van der Waals surface area contributed by atoms with Crippen molar-refractivity contribution < 1.29 is 18.8 Å². The molecule has 134 valence electrons. The predicted octanol–water partition coefficient (Wildman–Crippen LogP) is 2.62. The number of hydrogen-bond acceptors (Lipinski definition) is 5. The lowest BCUT2D eigenvalue weighted by Crippen LogP contribution is -2.28. The standard InChI is InChI=1S/C18H15F2N3O3/c1-9-2-6-12-16(21)15(18(25)23(26)17(12)22-9)14(24)7-4-10-3-5-11(19)8-13(10)20/h2-3,5-6,8,26H,4,7,21H2,1H3. The lowest BCUT2D eigenvalue weighted by Gasteiger charge is -2.11. The lowest BCUT2D eigenvalue weighted by molar-refractivity contribution is 0.0976. The van der Waals surface area contributed by atoms with E-state index in [1.54, 1.807) is 19.1 Å². The van der Waals surface area contributed by atoms with Gasteiger partial charge in [0, 0.05) is 23.6 Å². The van der Waals surface area contributed by atoms with E-state index in [1.165, 1.54) is 6.07 Å². The largest absolute Gasteiger partial charge is 0.423 e. The van der Waals surface area contributed by atoms with Crippen LogP contribution in [0, 0.1) is 18.6 Å². The summed E-state index contributed by atoms with van der Waals surface area (Å²) in [5, 5.41) is 10.3. The molecule has 0 bridgehead atoms. The summed E-state index contributed by atoms with van der Waals surface area (Å²) in [6.07, 6.45) is -0.272. The molecule has 3 N–H and O–H groups in total. The summed E-state index contributed by atoms with van der Waals surface area (Å²) >= 11 is 0. The molecule has 2 aromatic heterocycles. The van der Waals surface area contributed by atoms with Crippen molar-refractivity contribution in [2.45, 2.75) is 19.8 Å². The van der Waals surface area contributed by atoms with Crippen molar-refractivity contribution in [3.05, 3.63) is 69.1 Å². The van der Waals surface area contributed by atoms with Crippen LogP contribution < -0.4 is 11.3 Å². The fourth-order valence-electron chi connectivity index (χ4n) is 2.73. The molecule has 6 nitrogen and oxygen atoms in total. The molecule has 0 spiro atoms. The van der Waals surface area contributed by atoms with E-state index in [2.05, 4.69) is 4.98 Å². The topological polar surface area (TPSA) is 98.2 Å². The van der Waals surface area contributed by atoms with Crippen LogP contribution in [0.2, 0.25) is 0 Å². The molecular weight excluding hydrogens is 344 g/mol. The summed E-state index contributed by atoms with van der Waals surface area (Å²) in [7, 11) is 0. The maximum atomic E-state index is 13.7. The minimum absolute atomic E-state index is 0.0422. The monoisotopic (exact) mass is 359 g/mol. The van der Waals surface area contributed by atoms with Crippen molar-refractivity contribution in [3.8, 4) is 0 Å². The first-order chi connectivity index (χ1) is 12.3. The molecule has 0 aliphatic carbocycles. The number of nitrogen functional groups attached to an aromatic ring is 1. The first-order valence-electron chi connectivity index (χ1n) is 7.78. The molecule has 0 atom stereocenters. The Balaban J connectivity index is 1.98. The van der Waals surface area contributed by atoms with Gasteiger partial charge in [-0.05, 0) is 37.1 Å². The Labute approximate surface area is 146 Å². The van der Waals surface area contributed by atoms with Gasteiger partial charge in [-0.1, -0.05) is 6.07 Å². The number of anilines is 1. The second-order valence-electron chi connectivity index (χ2n) is 5.89. The molecule has 3 rings (SSSR count). The third kappa shape index (κ3) is 3.01. The fraction of sp³-hybridized carbons (Fsp3) is 0.167. The first-order valence-corrected chi connectivity index (χ1v) is 7.78. The highest BCUT2D eigenvalue weighted by molar-refractivity contribution is 6.06. The van der Waals surface area contributed by atoms with Crippen LogP contribution in [0.25, 0.3) is 11.0 Å². The van der Waals surface area contributed by atoms with E-state index >= 15 is 0 Å². The van der Waals surface area contributed by atoms with E-state index in [0.29, 0.717) is 5.69 Å². The van der Waals surface area contributed by atoms with Crippen LogP contribution in [0.4, 0.5) is 14.5 Å². The van der Waals surface area contributed by atoms with Gasteiger partial charge in [-0.25, -0.2) is 13.8 Å². The second-order valence-corrected chi connectivity index (χ2v) is 5.89. The van der Waals surface area contributed by atoms with Gasteiger partial charge >= 0.3 is 0 Å². The quantitative estimate of drug-likeness (QED) is 0.551. The van der Waals surface area contributed by atoms with Gasteiger partial charge in [0.2, 0.25) is 0 Å². The average molecular weight is 359 g/mol.